The highest BCUT2D eigenvalue weighted by atomic mass is 79.9. The summed E-state index contributed by atoms with van der Waals surface area (Å²) in [5, 5.41) is 3.31. The molecule has 0 aromatic carbocycles. The van der Waals surface area contributed by atoms with Crippen LogP contribution in [0, 0.1) is 0 Å². The number of hydrogen-bond donors (Lipinski definition) is 1. The van der Waals surface area contributed by atoms with Crippen molar-refractivity contribution < 1.29 is 0 Å². The van der Waals surface area contributed by atoms with Gasteiger partial charge in [-0.1, -0.05) is 13.3 Å². The summed E-state index contributed by atoms with van der Waals surface area (Å²) in [7, 11) is 2.01. The molecular formula is C11H17BrN2. The Hall–Kier alpha value is -0.410. The monoisotopic (exact) mass is 256 g/mol. The maximum atomic E-state index is 4.36. The quantitative estimate of drug-likeness (QED) is 0.877. The zero-order valence-electron chi connectivity index (χ0n) is 8.76. The van der Waals surface area contributed by atoms with Crippen molar-refractivity contribution in [2.45, 2.75) is 32.2 Å². The topological polar surface area (TPSA) is 24.9 Å². The van der Waals surface area contributed by atoms with Crippen molar-refractivity contribution in [3.8, 4) is 0 Å². The Morgan fingerprint density at radius 1 is 1.50 bits per heavy atom. The molecule has 0 amide bonds. The first kappa shape index (κ1) is 11.7. The highest BCUT2D eigenvalue weighted by molar-refractivity contribution is 9.10. The number of nitrogens with zero attached hydrogens (tertiary/aromatic N) is 1. The normalized spacial score (nSPS) is 12.8. The van der Waals surface area contributed by atoms with Crippen LogP contribution in [-0.2, 0) is 6.42 Å². The number of nitrogens with one attached hydrogen (secondary N) is 1. The Morgan fingerprint density at radius 3 is 2.79 bits per heavy atom. The van der Waals surface area contributed by atoms with Gasteiger partial charge in [0, 0.05) is 28.8 Å². The van der Waals surface area contributed by atoms with Crippen LogP contribution in [0.2, 0.25) is 0 Å². The molecule has 1 unspecified atom stereocenters. The highest BCUT2D eigenvalue weighted by Crippen LogP contribution is 2.10. The Morgan fingerprint density at radius 2 is 2.29 bits per heavy atom. The average molecular weight is 257 g/mol. The van der Waals surface area contributed by atoms with Gasteiger partial charge < -0.3 is 5.32 Å². The molecule has 1 atom stereocenters. The van der Waals surface area contributed by atoms with E-state index in [-0.39, 0.29) is 0 Å². The third-order valence-electron chi connectivity index (χ3n) is 2.29. The molecule has 0 aliphatic heterocycles. The molecule has 0 aliphatic carbocycles. The second-order valence-electron chi connectivity index (χ2n) is 3.45. The van der Waals surface area contributed by atoms with Crippen molar-refractivity contribution in [3.05, 3.63) is 28.5 Å². The van der Waals surface area contributed by atoms with E-state index in [0.717, 1.165) is 16.6 Å². The van der Waals surface area contributed by atoms with Crippen molar-refractivity contribution in [1.82, 2.24) is 10.3 Å². The van der Waals surface area contributed by atoms with Crippen LogP contribution in [0.3, 0.4) is 0 Å². The highest BCUT2D eigenvalue weighted by Gasteiger charge is 2.06. The first-order valence-electron chi connectivity index (χ1n) is 5.04. The van der Waals surface area contributed by atoms with Crippen molar-refractivity contribution in [1.29, 1.82) is 0 Å². The van der Waals surface area contributed by atoms with E-state index in [1.165, 1.54) is 12.8 Å². The number of halogens is 1. The van der Waals surface area contributed by atoms with Crippen LogP contribution >= 0.6 is 15.9 Å². The molecule has 78 valence electrons. The lowest BCUT2D eigenvalue weighted by atomic mass is 10.1. The van der Waals surface area contributed by atoms with Crippen LogP contribution in [-0.4, -0.2) is 18.1 Å². The van der Waals surface area contributed by atoms with E-state index in [1.807, 2.05) is 19.3 Å². The summed E-state index contributed by atoms with van der Waals surface area (Å²) in [6.07, 6.45) is 5.28. The molecule has 14 heavy (non-hydrogen) atoms. The van der Waals surface area contributed by atoms with E-state index in [1.54, 1.807) is 0 Å². The van der Waals surface area contributed by atoms with Crippen LogP contribution in [0.1, 0.15) is 25.5 Å². The minimum absolute atomic E-state index is 0.550. The van der Waals surface area contributed by atoms with Crippen molar-refractivity contribution >= 4 is 15.9 Å². The van der Waals surface area contributed by atoms with Crippen molar-refractivity contribution in [2.75, 3.05) is 7.05 Å². The van der Waals surface area contributed by atoms with Crippen LogP contribution in [0.5, 0.6) is 0 Å². The molecule has 1 aromatic heterocycles. The first-order valence-corrected chi connectivity index (χ1v) is 5.83. The summed E-state index contributed by atoms with van der Waals surface area (Å²) in [6, 6.07) is 4.67. The molecule has 3 heteroatoms. The van der Waals surface area contributed by atoms with Crippen LogP contribution in [0.25, 0.3) is 0 Å². The standard InChI is InChI=1S/C11H17BrN2/c1-3-4-10(13-2)7-11-6-5-9(12)8-14-11/h5-6,8,10,13H,3-4,7H2,1-2H3. The van der Waals surface area contributed by atoms with E-state index in [0.29, 0.717) is 6.04 Å². The van der Waals surface area contributed by atoms with Crippen LogP contribution in [0.15, 0.2) is 22.8 Å². The summed E-state index contributed by atoms with van der Waals surface area (Å²) >= 11 is 3.38. The minimum atomic E-state index is 0.550. The van der Waals surface area contributed by atoms with Gasteiger partial charge in [-0.3, -0.25) is 4.98 Å². The van der Waals surface area contributed by atoms with Crippen LogP contribution in [0.4, 0.5) is 0 Å². The van der Waals surface area contributed by atoms with E-state index in [4.69, 9.17) is 0 Å². The Kier molecular flexibility index (Phi) is 5.12. The van der Waals surface area contributed by atoms with Gasteiger partial charge in [-0.2, -0.15) is 0 Å². The summed E-state index contributed by atoms with van der Waals surface area (Å²) in [5.41, 5.74) is 1.15. The number of pyridine rings is 1. The second-order valence-corrected chi connectivity index (χ2v) is 4.36. The molecule has 0 bridgehead atoms. The molecule has 2 nitrogen and oxygen atoms in total. The molecule has 0 spiro atoms. The van der Waals surface area contributed by atoms with Gasteiger partial charge in [0.15, 0.2) is 0 Å². The summed E-state index contributed by atoms with van der Waals surface area (Å²) in [5.74, 6) is 0. The van der Waals surface area contributed by atoms with E-state index < -0.39 is 0 Å². The van der Waals surface area contributed by atoms with Gasteiger partial charge in [-0.25, -0.2) is 0 Å². The van der Waals surface area contributed by atoms with Gasteiger partial charge >= 0.3 is 0 Å². The second kappa shape index (κ2) is 6.14. The number of aromatic nitrogens is 1. The molecule has 0 radical (unpaired) electrons. The van der Waals surface area contributed by atoms with Gasteiger partial charge in [-0.05, 0) is 41.5 Å². The number of hydrogen-bond acceptors (Lipinski definition) is 2. The fourth-order valence-electron chi connectivity index (χ4n) is 1.48. The van der Waals surface area contributed by atoms with Crippen molar-refractivity contribution in [2.24, 2.45) is 0 Å². The lowest BCUT2D eigenvalue weighted by molar-refractivity contribution is 0.509. The number of likely N-dealkylation sites (N-methyl/N-ethyl adjacent to an activating group) is 1. The van der Waals surface area contributed by atoms with Gasteiger partial charge in [0.2, 0.25) is 0 Å². The molecule has 1 heterocycles. The predicted octanol–water partition coefficient (Wildman–Crippen LogP) is 2.77. The van der Waals surface area contributed by atoms with Crippen molar-refractivity contribution in [3.63, 3.8) is 0 Å². The molecule has 0 saturated heterocycles. The third-order valence-corrected chi connectivity index (χ3v) is 2.76. The molecule has 1 rings (SSSR count). The Labute approximate surface area is 94.3 Å². The molecule has 1 N–H and O–H groups in total. The third kappa shape index (κ3) is 3.76. The fraction of sp³-hybridized carbons (Fsp3) is 0.545. The van der Waals surface area contributed by atoms with Gasteiger partial charge in [0.1, 0.15) is 0 Å². The molecule has 0 aliphatic rings. The molecule has 0 fully saturated rings. The molecule has 0 saturated carbocycles. The Balaban J connectivity index is 2.53. The van der Waals surface area contributed by atoms with Gasteiger partial charge in [-0.15, -0.1) is 0 Å². The molecular weight excluding hydrogens is 240 g/mol. The number of rotatable bonds is 5. The van der Waals surface area contributed by atoms with Gasteiger partial charge in [0.05, 0.1) is 0 Å². The largest absolute Gasteiger partial charge is 0.317 e. The maximum Gasteiger partial charge on any atom is 0.0419 e. The van der Waals surface area contributed by atoms with Crippen LogP contribution < -0.4 is 5.32 Å². The fourth-order valence-corrected chi connectivity index (χ4v) is 1.71. The zero-order chi connectivity index (χ0) is 10.4. The summed E-state index contributed by atoms with van der Waals surface area (Å²) in [4.78, 5) is 4.36. The lowest BCUT2D eigenvalue weighted by Crippen LogP contribution is -2.27. The smallest absolute Gasteiger partial charge is 0.0419 e. The average Bonchev–Trinajstić information content (AvgIpc) is 2.20. The predicted molar refractivity (Wildman–Crippen MR) is 63.4 cm³/mol. The summed E-state index contributed by atoms with van der Waals surface area (Å²) in [6.45, 7) is 2.21. The van der Waals surface area contributed by atoms with E-state index in [2.05, 4.69) is 39.2 Å². The van der Waals surface area contributed by atoms with Gasteiger partial charge in [0.25, 0.3) is 0 Å². The first-order chi connectivity index (χ1) is 6.76. The van der Waals surface area contributed by atoms with E-state index in [9.17, 15) is 0 Å². The zero-order valence-corrected chi connectivity index (χ0v) is 10.3. The SMILES string of the molecule is CCCC(Cc1ccc(Br)cn1)NC. The Bertz CT molecular complexity index is 258. The lowest BCUT2D eigenvalue weighted by Gasteiger charge is -2.14. The maximum absolute atomic E-state index is 4.36. The van der Waals surface area contributed by atoms with E-state index >= 15 is 0 Å². The molecule has 1 aromatic rings. The summed E-state index contributed by atoms with van der Waals surface area (Å²) < 4.78 is 1.04. The minimum Gasteiger partial charge on any atom is -0.317 e.